The maximum absolute atomic E-state index is 12.0. The minimum absolute atomic E-state index is 0.0472. The number of hydrogen-bond acceptors (Lipinski definition) is 5. The van der Waals surface area contributed by atoms with E-state index in [4.69, 9.17) is 16.3 Å². The molecular weight excluding hydrogens is 344 g/mol. The van der Waals surface area contributed by atoms with Gasteiger partial charge in [0.05, 0.1) is 11.3 Å². The number of likely N-dealkylation sites (N-methyl/N-ethyl adjacent to an activating group) is 1. The first-order valence-electron chi connectivity index (χ1n) is 6.98. The molecule has 1 atom stereocenters. The van der Waals surface area contributed by atoms with Crippen LogP contribution >= 0.6 is 11.6 Å². The average Bonchev–Trinajstić information content (AvgIpc) is 2.47. The van der Waals surface area contributed by atoms with Crippen LogP contribution in [0.15, 0.2) is 29.2 Å². The molecule has 0 aliphatic carbocycles. The second-order valence-corrected chi connectivity index (χ2v) is 6.83. The van der Waals surface area contributed by atoms with Crippen LogP contribution in [0.2, 0.25) is 5.02 Å². The van der Waals surface area contributed by atoms with Crippen molar-refractivity contribution < 1.29 is 22.7 Å². The lowest BCUT2D eigenvalue weighted by atomic mass is 10.3. The molecule has 9 heteroatoms. The van der Waals surface area contributed by atoms with E-state index >= 15 is 0 Å². The topological polar surface area (TPSA) is 102 Å². The van der Waals surface area contributed by atoms with Crippen molar-refractivity contribution >= 4 is 33.5 Å². The molecule has 1 rings (SSSR count). The molecule has 0 bridgehead atoms. The van der Waals surface area contributed by atoms with Crippen LogP contribution < -0.4 is 10.0 Å². The third-order valence-electron chi connectivity index (χ3n) is 2.77. The number of ether oxygens (including phenoxy) is 1. The smallest absolute Gasteiger partial charge is 0.307 e. The first kappa shape index (κ1) is 19.4. The van der Waals surface area contributed by atoms with E-state index in [-0.39, 0.29) is 17.9 Å². The highest BCUT2D eigenvalue weighted by atomic mass is 35.5. The molecule has 128 valence electrons. The maximum atomic E-state index is 12.0. The van der Waals surface area contributed by atoms with Crippen molar-refractivity contribution in [2.45, 2.75) is 31.3 Å². The fourth-order valence-electron chi connectivity index (χ4n) is 1.61. The molecule has 0 spiro atoms. The highest BCUT2D eigenvalue weighted by Gasteiger charge is 2.18. The molecule has 0 aromatic heterocycles. The molecule has 1 amide bonds. The van der Waals surface area contributed by atoms with Crippen molar-refractivity contribution in [2.75, 3.05) is 13.1 Å². The SMILES string of the molecule is CCNC(=O)[C@@H](C)OC(=O)CCNS(=O)(=O)c1ccc(Cl)cc1. The van der Waals surface area contributed by atoms with Crippen molar-refractivity contribution in [1.82, 2.24) is 10.0 Å². The van der Waals surface area contributed by atoms with Crippen molar-refractivity contribution in [3.8, 4) is 0 Å². The summed E-state index contributed by atoms with van der Waals surface area (Å²) in [5.41, 5.74) is 0. The molecule has 1 aromatic carbocycles. The molecule has 0 aliphatic heterocycles. The normalized spacial score (nSPS) is 12.5. The van der Waals surface area contributed by atoms with E-state index in [0.717, 1.165) is 0 Å². The molecule has 0 saturated heterocycles. The molecule has 0 radical (unpaired) electrons. The number of esters is 1. The van der Waals surface area contributed by atoms with Crippen LogP contribution in [-0.4, -0.2) is 39.5 Å². The Bertz CT molecular complexity index is 646. The number of rotatable bonds is 8. The third-order valence-corrected chi connectivity index (χ3v) is 4.50. The molecule has 0 fully saturated rings. The van der Waals surface area contributed by atoms with Crippen LogP contribution in [0.4, 0.5) is 0 Å². The predicted octanol–water partition coefficient (Wildman–Crippen LogP) is 1.08. The second-order valence-electron chi connectivity index (χ2n) is 4.63. The van der Waals surface area contributed by atoms with E-state index in [9.17, 15) is 18.0 Å². The Balaban J connectivity index is 2.45. The minimum Gasteiger partial charge on any atom is -0.453 e. The average molecular weight is 363 g/mol. The summed E-state index contributed by atoms with van der Waals surface area (Å²) < 4.78 is 31.1. The van der Waals surface area contributed by atoms with Gasteiger partial charge in [-0.15, -0.1) is 0 Å². The van der Waals surface area contributed by atoms with Gasteiger partial charge < -0.3 is 10.1 Å². The molecule has 0 saturated carbocycles. The Kier molecular flexibility index (Phi) is 7.47. The van der Waals surface area contributed by atoms with Crippen molar-refractivity contribution in [1.29, 1.82) is 0 Å². The largest absolute Gasteiger partial charge is 0.453 e. The fourth-order valence-corrected chi connectivity index (χ4v) is 2.77. The van der Waals surface area contributed by atoms with Crippen LogP contribution in [0, 0.1) is 0 Å². The zero-order chi connectivity index (χ0) is 17.5. The first-order valence-corrected chi connectivity index (χ1v) is 8.84. The summed E-state index contributed by atoms with van der Waals surface area (Å²) >= 11 is 5.69. The second kappa shape index (κ2) is 8.85. The Labute approximate surface area is 140 Å². The van der Waals surface area contributed by atoms with Gasteiger partial charge in [0.25, 0.3) is 5.91 Å². The summed E-state index contributed by atoms with van der Waals surface area (Å²) in [6.07, 6.45) is -1.10. The molecule has 0 unspecified atom stereocenters. The number of benzene rings is 1. The van der Waals surface area contributed by atoms with Gasteiger partial charge in [0.15, 0.2) is 6.10 Å². The van der Waals surface area contributed by atoms with Crippen LogP contribution in [0.3, 0.4) is 0 Å². The maximum Gasteiger partial charge on any atom is 0.307 e. The Morgan fingerprint density at radius 3 is 2.43 bits per heavy atom. The van der Waals surface area contributed by atoms with Gasteiger partial charge in [0.2, 0.25) is 10.0 Å². The Morgan fingerprint density at radius 2 is 1.87 bits per heavy atom. The number of hydrogen-bond donors (Lipinski definition) is 2. The van der Waals surface area contributed by atoms with E-state index in [2.05, 4.69) is 10.0 Å². The van der Waals surface area contributed by atoms with Crippen molar-refractivity contribution in [3.05, 3.63) is 29.3 Å². The number of halogens is 1. The summed E-state index contributed by atoms with van der Waals surface area (Å²) in [7, 11) is -3.72. The lowest BCUT2D eigenvalue weighted by Crippen LogP contribution is -2.36. The van der Waals surface area contributed by atoms with Crippen molar-refractivity contribution in [3.63, 3.8) is 0 Å². The summed E-state index contributed by atoms with van der Waals surface area (Å²) in [6, 6.07) is 5.64. The lowest BCUT2D eigenvalue weighted by Gasteiger charge is -2.12. The van der Waals surface area contributed by atoms with E-state index < -0.39 is 28.0 Å². The predicted molar refractivity (Wildman–Crippen MR) is 85.5 cm³/mol. The quantitative estimate of drug-likeness (QED) is 0.674. The van der Waals surface area contributed by atoms with E-state index in [1.807, 2.05) is 0 Å². The van der Waals surface area contributed by atoms with E-state index in [1.54, 1.807) is 6.92 Å². The Hall–Kier alpha value is -1.64. The monoisotopic (exact) mass is 362 g/mol. The standard InChI is InChI=1S/C14H19ClN2O5S/c1-3-16-14(19)10(2)22-13(18)8-9-17-23(20,21)12-6-4-11(15)5-7-12/h4-7,10,17H,3,8-9H2,1-2H3,(H,16,19)/t10-/m1/s1. The van der Waals surface area contributed by atoms with Gasteiger partial charge >= 0.3 is 5.97 Å². The number of carbonyl (C=O) groups is 2. The third kappa shape index (κ3) is 6.55. The Morgan fingerprint density at radius 1 is 1.26 bits per heavy atom. The summed E-state index contributed by atoms with van der Waals surface area (Å²) in [4.78, 5) is 23.0. The van der Waals surface area contributed by atoms with Gasteiger partial charge in [-0.3, -0.25) is 9.59 Å². The van der Waals surface area contributed by atoms with Gasteiger partial charge in [0.1, 0.15) is 0 Å². The zero-order valence-corrected chi connectivity index (χ0v) is 14.4. The summed E-state index contributed by atoms with van der Waals surface area (Å²) in [6.45, 7) is 3.49. The molecular formula is C14H19ClN2O5S. The first-order chi connectivity index (χ1) is 10.8. The highest BCUT2D eigenvalue weighted by molar-refractivity contribution is 7.89. The molecule has 23 heavy (non-hydrogen) atoms. The van der Waals surface area contributed by atoms with Crippen molar-refractivity contribution in [2.24, 2.45) is 0 Å². The summed E-state index contributed by atoms with van der Waals surface area (Å²) in [5.74, 6) is -1.06. The highest BCUT2D eigenvalue weighted by Crippen LogP contribution is 2.13. The van der Waals surface area contributed by atoms with Crippen LogP contribution in [0.5, 0.6) is 0 Å². The minimum atomic E-state index is -3.72. The van der Waals surface area contributed by atoms with E-state index in [0.29, 0.717) is 11.6 Å². The van der Waals surface area contributed by atoms with Gasteiger partial charge in [-0.1, -0.05) is 11.6 Å². The number of amides is 1. The van der Waals surface area contributed by atoms with Gasteiger partial charge in [-0.05, 0) is 38.1 Å². The number of carbonyl (C=O) groups excluding carboxylic acids is 2. The zero-order valence-electron chi connectivity index (χ0n) is 12.8. The fraction of sp³-hybridized carbons (Fsp3) is 0.429. The van der Waals surface area contributed by atoms with Crippen LogP contribution in [0.25, 0.3) is 0 Å². The van der Waals surface area contributed by atoms with Gasteiger partial charge in [0, 0.05) is 18.1 Å². The molecule has 0 aliphatic rings. The number of nitrogens with one attached hydrogen (secondary N) is 2. The molecule has 7 nitrogen and oxygen atoms in total. The van der Waals surface area contributed by atoms with Gasteiger partial charge in [-0.25, -0.2) is 13.1 Å². The molecule has 2 N–H and O–H groups in total. The van der Waals surface area contributed by atoms with E-state index in [1.165, 1.54) is 31.2 Å². The molecule has 0 heterocycles. The molecule has 1 aromatic rings. The van der Waals surface area contributed by atoms with Gasteiger partial charge in [-0.2, -0.15) is 0 Å². The number of sulfonamides is 1. The van der Waals surface area contributed by atoms with Crippen LogP contribution in [0.1, 0.15) is 20.3 Å². The lowest BCUT2D eigenvalue weighted by molar-refractivity contribution is -0.154. The summed E-state index contributed by atoms with van der Waals surface area (Å²) in [5, 5.41) is 2.94. The van der Waals surface area contributed by atoms with Crippen LogP contribution in [-0.2, 0) is 24.3 Å².